The summed E-state index contributed by atoms with van der Waals surface area (Å²) < 4.78 is 1.96. The van der Waals surface area contributed by atoms with Crippen molar-refractivity contribution in [3.05, 3.63) is 31.3 Å². The highest BCUT2D eigenvalue weighted by Gasteiger charge is 2.13. The molecule has 0 aliphatic rings. The molecule has 0 heterocycles. The third-order valence-electron chi connectivity index (χ3n) is 1.70. The first-order chi connectivity index (χ1) is 6.07. The van der Waals surface area contributed by atoms with Crippen molar-refractivity contribution in [3.63, 3.8) is 0 Å². The molecule has 0 bridgehead atoms. The number of Topliss-reactive ketones (excluding diaryl/α,β-unsaturated/α-hetero) is 1. The van der Waals surface area contributed by atoms with Gasteiger partial charge in [0.15, 0.2) is 5.78 Å². The molecule has 70 valence electrons. The molecule has 0 saturated carbocycles. The van der Waals surface area contributed by atoms with Gasteiger partial charge >= 0.3 is 0 Å². The molecule has 0 aliphatic heterocycles. The zero-order valence-corrected chi connectivity index (χ0v) is 12.2. The molecule has 0 atom stereocenters. The quantitative estimate of drug-likeness (QED) is 0.405. The largest absolute Gasteiger partial charge is 0.293 e. The number of rotatable bonds is 2. The minimum absolute atomic E-state index is 0.128. The SMILES string of the molecule is Cc1ccc(Br)c(I)c1C(=O)CBr. The third kappa shape index (κ3) is 2.53. The lowest BCUT2D eigenvalue weighted by atomic mass is 10.1. The summed E-state index contributed by atoms with van der Waals surface area (Å²) in [5, 5.41) is 0.375. The van der Waals surface area contributed by atoms with Crippen LogP contribution in [0.4, 0.5) is 0 Å². The molecule has 0 saturated heterocycles. The van der Waals surface area contributed by atoms with Gasteiger partial charge in [-0.05, 0) is 57.1 Å². The van der Waals surface area contributed by atoms with Crippen LogP contribution in [-0.2, 0) is 0 Å². The van der Waals surface area contributed by atoms with Crippen molar-refractivity contribution in [1.29, 1.82) is 0 Å². The molecule has 1 aromatic carbocycles. The number of benzene rings is 1. The minimum Gasteiger partial charge on any atom is -0.293 e. The molecule has 0 amide bonds. The Balaban J connectivity index is 3.33. The summed E-state index contributed by atoms with van der Waals surface area (Å²) in [4.78, 5) is 11.5. The van der Waals surface area contributed by atoms with Gasteiger partial charge in [0.25, 0.3) is 0 Å². The van der Waals surface area contributed by atoms with Gasteiger partial charge < -0.3 is 0 Å². The number of carbonyl (C=O) groups excluding carboxylic acids is 1. The van der Waals surface area contributed by atoms with Crippen LogP contribution < -0.4 is 0 Å². The monoisotopic (exact) mass is 416 g/mol. The van der Waals surface area contributed by atoms with Gasteiger partial charge in [0, 0.05) is 13.6 Å². The van der Waals surface area contributed by atoms with E-state index in [1.165, 1.54) is 0 Å². The number of alkyl halides is 1. The van der Waals surface area contributed by atoms with Crippen molar-refractivity contribution in [2.75, 3.05) is 5.33 Å². The van der Waals surface area contributed by atoms with Gasteiger partial charge in [0.1, 0.15) is 0 Å². The Labute approximate surface area is 108 Å². The van der Waals surface area contributed by atoms with Gasteiger partial charge in [0.2, 0.25) is 0 Å². The molecular formula is C9H7Br2IO. The van der Waals surface area contributed by atoms with E-state index in [9.17, 15) is 4.79 Å². The molecule has 0 N–H and O–H groups in total. The average Bonchev–Trinajstić information content (AvgIpc) is 2.12. The van der Waals surface area contributed by atoms with Crippen LogP contribution in [0, 0.1) is 10.5 Å². The van der Waals surface area contributed by atoms with Crippen molar-refractivity contribution in [1.82, 2.24) is 0 Å². The van der Waals surface area contributed by atoms with Crippen molar-refractivity contribution in [3.8, 4) is 0 Å². The second kappa shape index (κ2) is 4.89. The van der Waals surface area contributed by atoms with E-state index in [4.69, 9.17) is 0 Å². The number of halogens is 3. The highest BCUT2D eigenvalue weighted by atomic mass is 127. The van der Waals surface area contributed by atoms with E-state index in [2.05, 4.69) is 54.5 Å². The lowest BCUT2D eigenvalue weighted by molar-refractivity contribution is 0.102. The van der Waals surface area contributed by atoms with Gasteiger partial charge in [-0.15, -0.1) is 0 Å². The number of hydrogen-bond acceptors (Lipinski definition) is 1. The smallest absolute Gasteiger partial charge is 0.174 e. The zero-order valence-electron chi connectivity index (χ0n) is 6.90. The highest BCUT2D eigenvalue weighted by Crippen LogP contribution is 2.26. The normalized spacial score (nSPS) is 10.2. The summed E-state index contributed by atoms with van der Waals surface area (Å²) >= 11 is 8.76. The number of ketones is 1. The molecule has 0 aromatic heterocycles. The van der Waals surface area contributed by atoms with Gasteiger partial charge in [0.05, 0.1) is 5.33 Å². The molecule has 0 fully saturated rings. The van der Waals surface area contributed by atoms with E-state index in [0.29, 0.717) is 5.33 Å². The number of hydrogen-bond donors (Lipinski definition) is 0. The number of aryl methyl sites for hydroxylation is 1. The summed E-state index contributed by atoms with van der Waals surface area (Å²) in [6.07, 6.45) is 0. The fraction of sp³-hybridized carbons (Fsp3) is 0.222. The van der Waals surface area contributed by atoms with Crippen LogP contribution in [0.5, 0.6) is 0 Å². The van der Waals surface area contributed by atoms with Crippen LogP contribution in [0.1, 0.15) is 15.9 Å². The van der Waals surface area contributed by atoms with Crippen molar-refractivity contribution in [2.24, 2.45) is 0 Å². The van der Waals surface area contributed by atoms with Crippen LogP contribution in [0.15, 0.2) is 16.6 Å². The van der Waals surface area contributed by atoms with E-state index < -0.39 is 0 Å². The summed E-state index contributed by atoms with van der Waals surface area (Å²) in [5.41, 5.74) is 1.84. The Bertz CT molecular complexity index is 350. The van der Waals surface area contributed by atoms with E-state index in [1.807, 2.05) is 19.1 Å². The average molecular weight is 418 g/mol. The van der Waals surface area contributed by atoms with Crippen LogP contribution in [0.25, 0.3) is 0 Å². The lowest BCUT2D eigenvalue weighted by Crippen LogP contribution is -2.05. The molecular weight excluding hydrogens is 411 g/mol. The molecule has 1 nitrogen and oxygen atoms in total. The summed E-state index contributed by atoms with van der Waals surface area (Å²) in [6, 6.07) is 3.91. The Morgan fingerprint density at radius 1 is 1.54 bits per heavy atom. The van der Waals surface area contributed by atoms with Gasteiger partial charge in [-0.25, -0.2) is 0 Å². The number of carbonyl (C=O) groups is 1. The molecule has 0 aliphatic carbocycles. The fourth-order valence-corrected chi connectivity index (χ4v) is 2.57. The highest BCUT2D eigenvalue weighted by molar-refractivity contribution is 14.1. The summed E-state index contributed by atoms with van der Waals surface area (Å²) in [6.45, 7) is 1.95. The zero-order chi connectivity index (χ0) is 10.0. The second-order valence-corrected chi connectivity index (χ2v) is 5.10. The van der Waals surface area contributed by atoms with Crippen LogP contribution in [0.2, 0.25) is 0 Å². The molecule has 13 heavy (non-hydrogen) atoms. The first-order valence-corrected chi connectivity index (χ1v) is 6.61. The third-order valence-corrected chi connectivity index (χ3v) is 4.74. The van der Waals surface area contributed by atoms with E-state index in [-0.39, 0.29) is 5.78 Å². The Kier molecular flexibility index (Phi) is 4.38. The van der Waals surface area contributed by atoms with E-state index >= 15 is 0 Å². The first kappa shape index (κ1) is 11.7. The Morgan fingerprint density at radius 2 is 2.15 bits per heavy atom. The molecule has 1 aromatic rings. The van der Waals surface area contributed by atoms with Crippen LogP contribution in [-0.4, -0.2) is 11.1 Å². The Hall–Kier alpha value is 0.580. The van der Waals surface area contributed by atoms with E-state index in [0.717, 1.165) is 19.2 Å². The van der Waals surface area contributed by atoms with Crippen LogP contribution >= 0.6 is 54.5 Å². The standard InChI is InChI=1S/C9H7Br2IO/c1-5-2-3-6(11)9(12)8(5)7(13)4-10/h2-3H,4H2,1H3. The maximum absolute atomic E-state index is 11.5. The molecule has 0 unspecified atom stereocenters. The van der Waals surface area contributed by atoms with Gasteiger partial charge in [-0.1, -0.05) is 22.0 Å². The molecule has 0 spiro atoms. The predicted octanol–water partition coefficient (Wildman–Crippen LogP) is 3.94. The van der Waals surface area contributed by atoms with Crippen molar-refractivity contribution < 1.29 is 4.79 Å². The fourth-order valence-electron chi connectivity index (χ4n) is 1.06. The molecule has 4 heteroatoms. The van der Waals surface area contributed by atoms with Crippen molar-refractivity contribution in [2.45, 2.75) is 6.92 Å². The molecule has 1 rings (SSSR count). The lowest BCUT2D eigenvalue weighted by Gasteiger charge is -2.07. The van der Waals surface area contributed by atoms with Gasteiger partial charge in [-0.3, -0.25) is 4.79 Å². The van der Waals surface area contributed by atoms with E-state index in [1.54, 1.807) is 0 Å². The second-order valence-electron chi connectivity index (χ2n) is 2.61. The molecule has 0 radical (unpaired) electrons. The first-order valence-electron chi connectivity index (χ1n) is 3.61. The predicted molar refractivity (Wildman–Crippen MR) is 69.7 cm³/mol. The van der Waals surface area contributed by atoms with Crippen LogP contribution in [0.3, 0.4) is 0 Å². The summed E-state index contributed by atoms with van der Waals surface area (Å²) in [7, 11) is 0. The summed E-state index contributed by atoms with van der Waals surface area (Å²) in [5.74, 6) is 0.128. The van der Waals surface area contributed by atoms with Crippen molar-refractivity contribution >= 4 is 60.2 Å². The maximum Gasteiger partial charge on any atom is 0.174 e. The van der Waals surface area contributed by atoms with Gasteiger partial charge in [-0.2, -0.15) is 0 Å². The minimum atomic E-state index is 0.128. The topological polar surface area (TPSA) is 17.1 Å². The maximum atomic E-state index is 11.5. The Morgan fingerprint density at radius 3 is 2.69 bits per heavy atom.